The van der Waals surface area contributed by atoms with Crippen LogP contribution < -0.4 is 14.3 Å². The number of benzene rings is 3. The highest BCUT2D eigenvalue weighted by molar-refractivity contribution is 7.92. The molecule has 0 aliphatic carbocycles. The predicted molar refractivity (Wildman–Crippen MR) is 161 cm³/mol. The number of esters is 1. The lowest BCUT2D eigenvalue weighted by Gasteiger charge is -2.35. The van der Waals surface area contributed by atoms with Crippen LogP contribution in [0.1, 0.15) is 30.0 Å². The molecule has 0 fully saturated rings. The lowest BCUT2D eigenvalue weighted by atomic mass is 10.0. The summed E-state index contributed by atoms with van der Waals surface area (Å²) >= 11 is -2.71. The minimum atomic E-state index is -3.54. The Morgan fingerprint density at radius 2 is 1.60 bits per heavy atom. The van der Waals surface area contributed by atoms with Crippen LogP contribution in [0.5, 0.6) is 0 Å². The molecule has 222 valence electrons. The van der Waals surface area contributed by atoms with Gasteiger partial charge in [0.05, 0.1) is 19.1 Å². The standard InChI is InChI=1S/C29H31N3O8S2/c1-17(2)26(29(34)39-4)32(41(35)36)22-15-11-20(12-16-22)19-9-13-21(14-10-19)30-28(33)27-18(3)25-23(31-42(5,37)38)7-6-8-24(25)40-27/h6-17,26,31H,1-5H3,(H,30,33)(H,35,36)/p-1. The van der Waals surface area contributed by atoms with Crippen molar-refractivity contribution >= 4 is 61.2 Å². The molecule has 2 atom stereocenters. The summed E-state index contributed by atoms with van der Waals surface area (Å²) in [5, 5.41) is 3.29. The van der Waals surface area contributed by atoms with E-state index in [1.807, 2.05) is 0 Å². The van der Waals surface area contributed by atoms with Crippen molar-refractivity contribution in [1.82, 2.24) is 0 Å². The van der Waals surface area contributed by atoms with Gasteiger partial charge >= 0.3 is 5.97 Å². The Hall–Kier alpha value is -4.20. The minimum absolute atomic E-state index is 0.0550. The number of aryl methyl sites for hydroxylation is 1. The third kappa shape index (κ3) is 6.64. The number of carbonyl (C=O) groups is 2. The summed E-state index contributed by atoms with van der Waals surface area (Å²) in [7, 11) is -2.32. The fourth-order valence-electron chi connectivity index (χ4n) is 4.64. The minimum Gasteiger partial charge on any atom is -0.755 e. The normalized spacial score (nSPS) is 13.0. The number of furan rings is 1. The second kappa shape index (κ2) is 12.3. The third-order valence-electron chi connectivity index (χ3n) is 6.54. The van der Waals surface area contributed by atoms with Gasteiger partial charge in [-0.3, -0.25) is 18.0 Å². The van der Waals surface area contributed by atoms with Gasteiger partial charge in [-0.05, 0) is 60.4 Å². The number of carbonyl (C=O) groups excluding carboxylic acids is 2. The zero-order valence-corrected chi connectivity index (χ0v) is 25.2. The van der Waals surface area contributed by atoms with Crippen molar-refractivity contribution in [2.24, 2.45) is 5.92 Å². The SMILES string of the molecule is COC(=O)C(C(C)C)N(c1ccc(-c2ccc(NC(=O)c3oc4cccc(NS(C)(=O)=O)c4c3C)cc2)cc1)S(=O)[O-]. The van der Waals surface area contributed by atoms with Crippen molar-refractivity contribution < 1.29 is 35.9 Å². The fourth-order valence-corrected chi connectivity index (χ4v) is 6.02. The maximum atomic E-state index is 13.1. The smallest absolute Gasteiger partial charge is 0.329 e. The Morgan fingerprint density at radius 1 is 1.00 bits per heavy atom. The van der Waals surface area contributed by atoms with Gasteiger partial charge in [0.1, 0.15) is 11.6 Å². The number of nitrogens with one attached hydrogen (secondary N) is 2. The number of amides is 1. The van der Waals surface area contributed by atoms with Gasteiger partial charge in [0, 0.05) is 33.6 Å². The highest BCUT2D eigenvalue weighted by atomic mass is 32.2. The van der Waals surface area contributed by atoms with E-state index in [0.717, 1.165) is 21.7 Å². The van der Waals surface area contributed by atoms with Crippen molar-refractivity contribution in [3.8, 4) is 11.1 Å². The van der Waals surface area contributed by atoms with Crippen molar-refractivity contribution in [2.45, 2.75) is 26.8 Å². The molecule has 0 saturated heterocycles. The average Bonchev–Trinajstić information content (AvgIpc) is 3.28. The van der Waals surface area contributed by atoms with Crippen LogP contribution in [0.4, 0.5) is 17.1 Å². The van der Waals surface area contributed by atoms with Crippen LogP contribution in [0.25, 0.3) is 22.1 Å². The van der Waals surface area contributed by atoms with Crippen LogP contribution >= 0.6 is 0 Å². The molecule has 1 heterocycles. The van der Waals surface area contributed by atoms with Crippen LogP contribution in [0.15, 0.2) is 71.1 Å². The Kier molecular flexibility index (Phi) is 9.04. The molecule has 42 heavy (non-hydrogen) atoms. The molecule has 0 aliphatic rings. The summed E-state index contributed by atoms with van der Waals surface area (Å²) < 4.78 is 61.6. The summed E-state index contributed by atoms with van der Waals surface area (Å²) in [5.41, 5.74) is 3.59. The summed E-state index contributed by atoms with van der Waals surface area (Å²) in [6.07, 6.45) is 1.05. The predicted octanol–water partition coefficient (Wildman–Crippen LogP) is 4.83. The quantitative estimate of drug-likeness (QED) is 0.190. The van der Waals surface area contributed by atoms with Gasteiger partial charge in [-0.25, -0.2) is 13.2 Å². The zero-order valence-electron chi connectivity index (χ0n) is 23.5. The van der Waals surface area contributed by atoms with E-state index in [0.29, 0.717) is 33.6 Å². The number of hydrogen-bond acceptors (Lipinski definition) is 8. The largest absolute Gasteiger partial charge is 0.755 e. The second-order valence-electron chi connectivity index (χ2n) is 9.94. The molecular formula is C29H30N3O8S2-. The molecule has 0 spiro atoms. The van der Waals surface area contributed by atoms with E-state index < -0.39 is 39.2 Å². The summed E-state index contributed by atoms with van der Waals surface area (Å²) in [4.78, 5) is 25.3. The molecular weight excluding hydrogens is 582 g/mol. The molecule has 1 amide bonds. The molecule has 2 N–H and O–H groups in total. The number of methoxy groups -OCH3 is 1. The second-order valence-corrected chi connectivity index (χ2v) is 12.5. The van der Waals surface area contributed by atoms with Gasteiger partial charge in [0.25, 0.3) is 5.91 Å². The molecule has 1 aromatic heterocycles. The third-order valence-corrected chi connectivity index (χ3v) is 7.89. The van der Waals surface area contributed by atoms with Crippen molar-refractivity contribution in [3.63, 3.8) is 0 Å². The van der Waals surface area contributed by atoms with Gasteiger partial charge < -0.3 is 19.0 Å². The molecule has 0 radical (unpaired) electrons. The fraction of sp³-hybridized carbons (Fsp3) is 0.241. The topological polar surface area (TPSA) is 158 Å². The number of sulfonamides is 1. The van der Waals surface area contributed by atoms with Crippen LogP contribution in [-0.4, -0.2) is 48.5 Å². The van der Waals surface area contributed by atoms with Gasteiger partial charge in [-0.15, -0.1) is 0 Å². The molecule has 0 bridgehead atoms. The van der Waals surface area contributed by atoms with Gasteiger partial charge in [-0.2, -0.15) is 0 Å². The van der Waals surface area contributed by atoms with E-state index in [-0.39, 0.29) is 11.7 Å². The van der Waals surface area contributed by atoms with E-state index in [1.165, 1.54) is 7.11 Å². The highest BCUT2D eigenvalue weighted by Gasteiger charge is 2.31. The number of ether oxygens (including phenoxy) is 1. The molecule has 4 aromatic rings. The van der Waals surface area contributed by atoms with Crippen molar-refractivity contribution in [1.29, 1.82) is 0 Å². The first-order valence-corrected chi connectivity index (χ1v) is 15.7. The summed E-state index contributed by atoms with van der Waals surface area (Å²) in [5.74, 6) is -1.42. The van der Waals surface area contributed by atoms with E-state index in [9.17, 15) is 26.8 Å². The Morgan fingerprint density at radius 3 is 2.12 bits per heavy atom. The molecule has 2 unspecified atom stereocenters. The van der Waals surface area contributed by atoms with Gasteiger partial charge in [0.2, 0.25) is 10.0 Å². The number of fused-ring (bicyclic) bond motifs is 1. The number of hydrogen-bond donors (Lipinski definition) is 2. The molecule has 11 nitrogen and oxygen atoms in total. The molecule has 0 aliphatic heterocycles. The van der Waals surface area contributed by atoms with Crippen LogP contribution in [0.2, 0.25) is 0 Å². The van der Waals surface area contributed by atoms with Crippen LogP contribution in [0, 0.1) is 12.8 Å². The Bertz CT molecular complexity index is 1750. The first-order valence-electron chi connectivity index (χ1n) is 12.8. The lowest BCUT2D eigenvalue weighted by molar-refractivity contribution is -0.143. The van der Waals surface area contributed by atoms with Gasteiger partial charge in [-0.1, -0.05) is 44.2 Å². The van der Waals surface area contributed by atoms with E-state index in [4.69, 9.17) is 9.15 Å². The molecule has 4 rings (SSSR count). The Labute approximate surface area is 246 Å². The number of rotatable bonds is 10. The van der Waals surface area contributed by atoms with Crippen molar-refractivity contribution in [2.75, 3.05) is 27.7 Å². The monoisotopic (exact) mass is 612 g/mol. The Balaban J connectivity index is 1.53. The summed E-state index contributed by atoms with van der Waals surface area (Å²) in [6, 6.07) is 17.5. The number of nitrogens with zero attached hydrogens (tertiary/aromatic N) is 1. The van der Waals surface area contributed by atoms with Gasteiger partial charge in [0.15, 0.2) is 5.76 Å². The lowest BCUT2D eigenvalue weighted by Crippen LogP contribution is -2.46. The van der Waals surface area contributed by atoms with Crippen molar-refractivity contribution in [3.05, 3.63) is 78.1 Å². The number of anilines is 3. The van der Waals surface area contributed by atoms with Crippen LogP contribution in [0.3, 0.4) is 0 Å². The first-order chi connectivity index (χ1) is 19.8. The molecule has 13 heteroatoms. The average molecular weight is 613 g/mol. The first kappa shape index (κ1) is 30.8. The van der Waals surface area contributed by atoms with E-state index in [1.54, 1.807) is 87.5 Å². The maximum Gasteiger partial charge on any atom is 0.329 e. The van der Waals surface area contributed by atoms with E-state index in [2.05, 4.69) is 10.0 Å². The highest BCUT2D eigenvalue weighted by Crippen LogP contribution is 2.33. The maximum absolute atomic E-state index is 13.1. The van der Waals surface area contributed by atoms with E-state index >= 15 is 0 Å². The summed E-state index contributed by atoms with van der Waals surface area (Å²) in [6.45, 7) is 5.15. The molecule has 3 aromatic carbocycles. The zero-order chi connectivity index (χ0) is 30.8. The van der Waals surface area contributed by atoms with Crippen LogP contribution in [-0.2, 0) is 30.8 Å². The molecule has 0 saturated carbocycles.